The molecule has 0 aromatic rings. The number of nitrogens with one attached hydrogen (secondary N) is 1. The summed E-state index contributed by atoms with van der Waals surface area (Å²) >= 11 is 0. The average molecular weight is 498 g/mol. The molecule has 0 heterocycles. The van der Waals surface area contributed by atoms with Crippen LogP contribution in [0.3, 0.4) is 0 Å². The van der Waals surface area contributed by atoms with E-state index in [4.69, 9.17) is 37.6 Å². The van der Waals surface area contributed by atoms with Crippen LogP contribution >= 0.6 is 0 Å². The van der Waals surface area contributed by atoms with Crippen LogP contribution in [0.25, 0.3) is 0 Å². The van der Waals surface area contributed by atoms with Gasteiger partial charge in [-0.05, 0) is 40.4 Å². The van der Waals surface area contributed by atoms with Crippen LogP contribution in [0.4, 0.5) is 4.79 Å². The normalized spacial score (nSPS) is 12.2. The predicted octanol–water partition coefficient (Wildman–Crippen LogP) is 2.46. The molecule has 0 aromatic carbocycles. The third-order valence-electron chi connectivity index (χ3n) is 3.54. The molecule has 0 bridgehead atoms. The zero-order chi connectivity index (χ0) is 24.8. The molecule has 1 amide bonds. The molecule has 0 radical (unpaired) electrons. The number of amides is 1. The van der Waals surface area contributed by atoms with Gasteiger partial charge in [0, 0.05) is 6.54 Å². The lowest BCUT2D eigenvalue weighted by atomic mass is 10.2. The monoisotopic (exact) mass is 497 g/mol. The lowest BCUT2D eigenvalue weighted by Gasteiger charge is -2.19. The smallest absolute Gasteiger partial charge is 0.407 e. The number of hydrogen-bond acceptors (Lipinski definition) is 9. The Morgan fingerprint density at radius 1 is 0.606 bits per heavy atom. The minimum atomic E-state index is -1.44. The molecule has 11 heteroatoms. The Hall–Kier alpha value is -0.793. The molecule has 1 N–H and O–H groups in total. The van der Waals surface area contributed by atoms with Gasteiger partial charge in [-0.25, -0.2) is 4.79 Å². The SMILES string of the molecule is CC(C)(C)OC(=O)NCCOCCOCCOCCOCCOCCOCCO[Si](C)(C)C. The number of carbonyl (C=O) groups excluding carboxylic acids is 1. The number of rotatable bonds is 22. The third kappa shape index (κ3) is 29.2. The van der Waals surface area contributed by atoms with Gasteiger partial charge in [-0.1, -0.05) is 0 Å². The van der Waals surface area contributed by atoms with Gasteiger partial charge in [0.15, 0.2) is 8.32 Å². The molecule has 0 saturated heterocycles. The van der Waals surface area contributed by atoms with Crippen molar-refractivity contribution >= 4 is 14.4 Å². The minimum Gasteiger partial charge on any atom is -0.444 e. The second-order valence-electron chi connectivity index (χ2n) is 9.06. The van der Waals surface area contributed by atoms with E-state index in [1.165, 1.54) is 0 Å². The van der Waals surface area contributed by atoms with E-state index < -0.39 is 20.0 Å². The highest BCUT2D eigenvalue weighted by Crippen LogP contribution is 2.06. The van der Waals surface area contributed by atoms with Crippen molar-refractivity contribution in [3.63, 3.8) is 0 Å². The fraction of sp³-hybridized carbons (Fsp3) is 0.955. The van der Waals surface area contributed by atoms with Gasteiger partial charge in [-0.2, -0.15) is 0 Å². The van der Waals surface area contributed by atoms with Crippen molar-refractivity contribution in [2.45, 2.75) is 46.0 Å². The first kappa shape index (κ1) is 32.2. The summed E-state index contributed by atoms with van der Waals surface area (Å²) < 4.78 is 43.4. The largest absolute Gasteiger partial charge is 0.444 e. The van der Waals surface area contributed by atoms with E-state index in [0.717, 1.165) is 0 Å². The zero-order valence-corrected chi connectivity index (χ0v) is 22.6. The highest BCUT2D eigenvalue weighted by molar-refractivity contribution is 6.69. The second kappa shape index (κ2) is 20.6. The van der Waals surface area contributed by atoms with Crippen LogP contribution in [0.5, 0.6) is 0 Å². The van der Waals surface area contributed by atoms with Gasteiger partial charge in [-0.15, -0.1) is 0 Å². The van der Waals surface area contributed by atoms with Crippen LogP contribution in [-0.4, -0.2) is 112 Å². The van der Waals surface area contributed by atoms with E-state index in [1.807, 2.05) is 20.8 Å². The number of alkyl carbamates (subject to hydrolysis) is 1. The van der Waals surface area contributed by atoms with Gasteiger partial charge in [-0.3, -0.25) is 0 Å². The Morgan fingerprint density at radius 2 is 0.939 bits per heavy atom. The molecule has 0 unspecified atom stereocenters. The Bertz CT molecular complexity index is 456. The Kier molecular flexibility index (Phi) is 20.1. The van der Waals surface area contributed by atoms with E-state index in [-0.39, 0.29) is 0 Å². The maximum atomic E-state index is 11.4. The van der Waals surface area contributed by atoms with E-state index in [0.29, 0.717) is 92.4 Å². The van der Waals surface area contributed by atoms with Gasteiger partial charge in [0.2, 0.25) is 0 Å². The molecule has 0 saturated carbocycles. The molecular formula is C22H47NO9Si. The van der Waals surface area contributed by atoms with Crippen LogP contribution in [0.2, 0.25) is 19.6 Å². The summed E-state index contributed by atoms with van der Waals surface area (Å²) in [6.45, 7) is 19.1. The van der Waals surface area contributed by atoms with E-state index in [2.05, 4.69) is 25.0 Å². The number of hydrogen-bond donors (Lipinski definition) is 1. The first-order valence-corrected chi connectivity index (χ1v) is 15.1. The molecule has 0 aliphatic carbocycles. The van der Waals surface area contributed by atoms with E-state index >= 15 is 0 Å². The molecule has 0 atom stereocenters. The highest BCUT2D eigenvalue weighted by Gasteiger charge is 2.15. The molecule has 0 aliphatic rings. The van der Waals surface area contributed by atoms with E-state index in [1.54, 1.807) is 0 Å². The summed E-state index contributed by atoms with van der Waals surface area (Å²) in [7, 11) is -1.44. The van der Waals surface area contributed by atoms with Gasteiger partial charge < -0.3 is 42.9 Å². The average Bonchev–Trinajstić information content (AvgIpc) is 2.69. The van der Waals surface area contributed by atoms with Crippen molar-refractivity contribution in [2.24, 2.45) is 0 Å². The maximum Gasteiger partial charge on any atom is 0.407 e. The summed E-state index contributed by atoms with van der Waals surface area (Å²) in [6.07, 6.45) is -0.444. The zero-order valence-electron chi connectivity index (χ0n) is 21.6. The number of ether oxygens (including phenoxy) is 7. The molecule has 0 spiro atoms. The van der Waals surface area contributed by atoms with Crippen molar-refractivity contribution in [2.75, 3.05) is 92.4 Å². The van der Waals surface area contributed by atoms with Crippen molar-refractivity contribution in [1.82, 2.24) is 5.32 Å². The van der Waals surface area contributed by atoms with Crippen molar-refractivity contribution in [3.8, 4) is 0 Å². The molecular weight excluding hydrogens is 450 g/mol. The van der Waals surface area contributed by atoms with Crippen LogP contribution < -0.4 is 5.32 Å². The molecule has 0 rings (SSSR count). The summed E-state index contributed by atoms with van der Waals surface area (Å²) in [4.78, 5) is 11.4. The molecule has 0 fully saturated rings. The Labute approximate surface area is 201 Å². The summed E-state index contributed by atoms with van der Waals surface area (Å²) in [5.74, 6) is 0. The first-order chi connectivity index (χ1) is 15.6. The maximum absolute atomic E-state index is 11.4. The van der Waals surface area contributed by atoms with Crippen molar-refractivity contribution in [3.05, 3.63) is 0 Å². The lowest BCUT2D eigenvalue weighted by molar-refractivity contribution is -0.0178. The summed E-state index contributed by atoms with van der Waals surface area (Å²) in [5, 5.41) is 2.63. The van der Waals surface area contributed by atoms with Gasteiger partial charge in [0.1, 0.15) is 5.60 Å². The van der Waals surface area contributed by atoms with Crippen molar-refractivity contribution < 1.29 is 42.4 Å². The topological polar surface area (TPSA) is 103 Å². The Balaban J connectivity index is 3.14. The van der Waals surface area contributed by atoms with Crippen LogP contribution in [-0.2, 0) is 37.6 Å². The molecule has 10 nitrogen and oxygen atoms in total. The summed E-state index contributed by atoms with van der Waals surface area (Å²) in [6, 6.07) is 0. The fourth-order valence-corrected chi connectivity index (χ4v) is 2.84. The van der Waals surface area contributed by atoms with Crippen LogP contribution in [0.1, 0.15) is 20.8 Å². The predicted molar refractivity (Wildman–Crippen MR) is 128 cm³/mol. The summed E-state index contributed by atoms with van der Waals surface area (Å²) in [5.41, 5.74) is -0.500. The van der Waals surface area contributed by atoms with Gasteiger partial charge >= 0.3 is 6.09 Å². The number of carbonyl (C=O) groups is 1. The molecule has 0 aliphatic heterocycles. The standard InChI is InChI=1S/C22H47NO9Si/c1-22(2,3)32-21(24)23-7-8-25-9-10-26-11-12-27-13-14-28-15-16-29-17-18-30-19-20-31-33(4,5)6/h7-20H2,1-6H3,(H,23,24). The fourth-order valence-electron chi connectivity index (χ4n) is 2.15. The third-order valence-corrected chi connectivity index (χ3v) is 4.61. The first-order valence-electron chi connectivity index (χ1n) is 11.7. The van der Waals surface area contributed by atoms with Gasteiger partial charge in [0.25, 0.3) is 0 Å². The van der Waals surface area contributed by atoms with E-state index in [9.17, 15) is 4.79 Å². The second-order valence-corrected chi connectivity index (χ2v) is 13.6. The molecule has 33 heavy (non-hydrogen) atoms. The van der Waals surface area contributed by atoms with Gasteiger partial charge in [0.05, 0.1) is 85.9 Å². The minimum absolute atomic E-state index is 0.394. The highest BCUT2D eigenvalue weighted by atomic mass is 28.4. The molecule has 198 valence electrons. The molecule has 0 aromatic heterocycles. The quantitative estimate of drug-likeness (QED) is 0.178. The lowest BCUT2D eigenvalue weighted by Crippen LogP contribution is -2.34. The Morgan fingerprint density at radius 3 is 1.27 bits per heavy atom. The van der Waals surface area contributed by atoms with Crippen LogP contribution in [0, 0.1) is 0 Å². The van der Waals surface area contributed by atoms with Crippen molar-refractivity contribution in [1.29, 1.82) is 0 Å². The van der Waals surface area contributed by atoms with Crippen LogP contribution in [0.15, 0.2) is 0 Å².